The monoisotopic (exact) mass is 464 g/mol. The van der Waals surface area contributed by atoms with Crippen LogP contribution >= 0.6 is 11.6 Å². The number of anilines is 1. The minimum absolute atomic E-state index is 0.394. The first-order valence-corrected chi connectivity index (χ1v) is 11.4. The number of hydrogen-bond acceptors (Lipinski definition) is 6. The third kappa shape index (κ3) is 4.14. The summed E-state index contributed by atoms with van der Waals surface area (Å²) in [5.74, 6) is 0.336. The number of nitrogens with zero attached hydrogens (tertiary/aromatic N) is 4. The van der Waals surface area contributed by atoms with Crippen LogP contribution in [0.4, 0.5) is 5.69 Å². The average Bonchev–Trinajstić information content (AvgIpc) is 3.46. The minimum atomic E-state index is -0.792. The number of carboxylic acid groups (broad SMARTS) is 1. The molecule has 1 N–H and O–H groups in total. The van der Waals surface area contributed by atoms with Gasteiger partial charge in [0.05, 0.1) is 48.7 Å². The van der Waals surface area contributed by atoms with E-state index < -0.39 is 12.0 Å². The number of halogens is 1. The molecule has 0 spiro atoms. The van der Waals surface area contributed by atoms with E-state index in [-0.39, 0.29) is 0 Å². The molecule has 0 amide bonds. The van der Waals surface area contributed by atoms with Crippen molar-refractivity contribution in [1.29, 1.82) is 0 Å². The molecule has 5 rings (SSSR count). The summed E-state index contributed by atoms with van der Waals surface area (Å²) in [7, 11) is 1.61. The van der Waals surface area contributed by atoms with Gasteiger partial charge in [-0.1, -0.05) is 54.1 Å². The van der Waals surface area contributed by atoms with Gasteiger partial charge in [0, 0.05) is 5.56 Å². The number of carbonyl (C=O) groups is 1. The molecule has 1 atom stereocenters. The highest BCUT2D eigenvalue weighted by Gasteiger charge is 2.33. The fourth-order valence-corrected chi connectivity index (χ4v) is 5.12. The number of ether oxygens (including phenoxy) is 1. The molecule has 7 nitrogen and oxygen atoms in total. The van der Waals surface area contributed by atoms with Crippen molar-refractivity contribution in [1.82, 2.24) is 14.9 Å². The van der Waals surface area contributed by atoms with E-state index >= 15 is 0 Å². The highest BCUT2D eigenvalue weighted by Crippen LogP contribution is 2.40. The van der Waals surface area contributed by atoms with E-state index in [4.69, 9.17) is 21.3 Å². The van der Waals surface area contributed by atoms with Gasteiger partial charge < -0.3 is 14.7 Å². The SMILES string of the molecule is COc1nc(CN2CCC[C@H]2C(=O)O)nc2c1CN(c1cccc(-c3ccccc3)c1Cl)C2. The molecule has 3 aromatic rings. The van der Waals surface area contributed by atoms with Gasteiger partial charge in [-0.05, 0) is 31.0 Å². The quantitative estimate of drug-likeness (QED) is 0.580. The molecule has 2 aliphatic heterocycles. The van der Waals surface area contributed by atoms with Gasteiger partial charge in [0.2, 0.25) is 5.88 Å². The molecule has 3 heterocycles. The van der Waals surface area contributed by atoms with Gasteiger partial charge in [-0.3, -0.25) is 9.69 Å². The molecule has 0 radical (unpaired) electrons. The Morgan fingerprint density at radius 3 is 2.73 bits per heavy atom. The predicted molar refractivity (Wildman–Crippen MR) is 126 cm³/mol. The lowest BCUT2D eigenvalue weighted by atomic mass is 10.0. The third-order valence-corrected chi connectivity index (χ3v) is 6.78. The number of aromatic nitrogens is 2. The van der Waals surface area contributed by atoms with E-state index in [0.29, 0.717) is 42.8 Å². The maximum Gasteiger partial charge on any atom is 0.320 e. The smallest absolute Gasteiger partial charge is 0.320 e. The van der Waals surface area contributed by atoms with Crippen molar-refractivity contribution in [2.75, 3.05) is 18.6 Å². The fourth-order valence-electron chi connectivity index (χ4n) is 4.76. The summed E-state index contributed by atoms with van der Waals surface area (Å²) in [4.78, 5) is 25.1. The highest BCUT2D eigenvalue weighted by molar-refractivity contribution is 6.36. The number of methoxy groups -OCH3 is 1. The van der Waals surface area contributed by atoms with E-state index in [1.165, 1.54) is 0 Å². The molecule has 33 heavy (non-hydrogen) atoms. The number of aliphatic carboxylic acids is 1. The summed E-state index contributed by atoms with van der Waals surface area (Å²) in [5.41, 5.74) is 4.82. The van der Waals surface area contributed by atoms with Gasteiger partial charge in [0.25, 0.3) is 0 Å². The number of rotatable bonds is 6. The Balaban J connectivity index is 1.42. The topological polar surface area (TPSA) is 78.8 Å². The first-order valence-electron chi connectivity index (χ1n) is 11.0. The molecule has 2 aromatic carbocycles. The lowest BCUT2D eigenvalue weighted by Gasteiger charge is -2.20. The second-order valence-corrected chi connectivity index (χ2v) is 8.78. The maximum absolute atomic E-state index is 11.5. The highest BCUT2D eigenvalue weighted by atomic mass is 35.5. The van der Waals surface area contributed by atoms with Gasteiger partial charge in [-0.15, -0.1) is 0 Å². The predicted octanol–water partition coefficient (Wildman–Crippen LogP) is 4.37. The number of carboxylic acids is 1. The van der Waals surface area contributed by atoms with Crippen LogP contribution in [0, 0.1) is 0 Å². The van der Waals surface area contributed by atoms with Crippen molar-refractivity contribution in [3.8, 4) is 17.0 Å². The summed E-state index contributed by atoms with van der Waals surface area (Å²) in [6.45, 7) is 2.30. The summed E-state index contributed by atoms with van der Waals surface area (Å²) >= 11 is 6.86. The second kappa shape index (κ2) is 9.00. The Morgan fingerprint density at radius 1 is 1.15 bits per heavy atom. The Labute approximate surface area is 197 Å². The van der Waals surface area contributed by atoms with E-state index in [2.05, 4.69) is 9.88 Å². The molecule has 170 valence electrons. The standard InChI is InChI=1S/C25H25ClN4O3/c1-33-24-18-13-30(20-10-5-9-17(23(20)26)16-7-3-2-4-8-16)14-19(18)27-22(28-24)15-29-12-6-11-21(29)25(31)32/h2-5,7-10,21H,6,11-15H2,1H3,(H,31,32)/t21-/m0/s1. The Hall–Kier alpha value is -3.16. The molecule has 8 heteroatoms. The fraction of sp³-hybridized carbons (Fsp3) is 0.320. The van der Waals surface area contributed by atoms with Gasteiger partial charge in [0.15, 0.2) is 0 Å². The van der Waals surface area contributed by atoms with E-state index in [9.17, 15) is 9.90 Å². The van der Waals surface area contributed by atoms with Crippen molar-refractivity contribution < 1.29 is 14.6 Å². The van der Waals surface area contributed by atoms with Crippen LogP contribution < -0.4 is 9.64 Å². The Kier molecular flexibility index (Phi) is 5.91. The molecule has 1 saturated heterocycles. The number of fused-ring (bicyclic) bond motifs is 1. The number of benzene rings is 2. The van der Waals surface area contributed by atoms with Gasteiger partial charge in [0.1, 0.15) is 11.9 Å². The molecule has 0 bridgehead atoms. The van der Waals surface area contributed by atoms with Crippen molar-refractivity contribution in [2.45, 2.75) is 38.5 Å². The van der Waals surface area contributed by atoms with Crippen molar-refractivity contribution >= 4 is 23.3 Å². The molecule has 1 fully saturated rings. The van der Waals surface area contributed by atoms with Crippen LogP contribution in [0.2, 0.25) is 5.02 Å². The van der Waals surface area contributed by atoms with E-state index in [0.717, 1.165) is 41.0 Å². The minimum Gasteiger partial charge on any atom is -0.481 e. The zero-order valence-electron chi connectivity index (χ0n) is 18.4. The zero-order chi connectivity index (χ0) is 22.9. The van der Waals surface area contributed by atoms with Crippen LogP contribution in [0.25, 0.3) is 11.1 Å². The zero-order valence-corrected chi connectivity index (χ0v) is 19.1. The normalized spacial score (nSPS) is 17.9. The molecule has 0 unspecified atom stereocenters. The van der Waals surface area contributed by atoms with E-state index in [1.807, 2.05) is 53.4 Å². The van der Waals surface area contributed by atoms with Crippen LogP contribution in [-0.4, -0.2) is 45.6 Å². The van der Waals surface area contributed by atoms with Gasteiger partial charge in [-0.25, -0.2) is 4.98 Å². The van der Waals surface area contributed by atoms with E-state index in [1.54, 1.807) is 7.11 Å². The van der Waals surface area contributed by atoms with Crippen molar-refractivity contribution in [3.05, 3.63) is 70.6 Å². The van der Waals surface area contributed by atoms with Crippen molar-refractivity contribution in [3.63, 3.8) is 0 Å². The molecular formula is C25H25ClN4O3. The molecule has 0 aliphatic carbocycles. The molecular weight excluding hydrogens is 440 g/mol. The van der Waals surface area contributed by atoms with Crippen LogP contribution in [0.15, 0.2) is 48.5 Å². The van der Waals surface area contributed by atoms with Crippen LogP contribution in [-0.2, 0) is 24.4 Å². The number of hydrogen-bond donors (Lipinski definition) is 1. The average molecular weight is 465 g/mol. The summed E-state index contributed by atoms with van der Waals surface area (Å²) < 4.78 is 5.60. The second-order valence-electron chi connectivity index (χ2n) is 8.40. The summed E-state index contributed by atoms with van der Waals surface area (Å²) in [6.07, 6.45) is 1.52. The summed E-state index contributed by atoms with van der Waals surface area (Å²) in [6, 6.07) is 15.7. The third-order valence-electron chi connectivity index (χ3n) is 6.38. The lowest BCUT2D eigenvalue weighted by Crippen LogP contribution is -2.36. The Morgan fingerprint density at radius 2 is 1.97 bits per heavy atom. The van der Waals surface area contributed by atoms with Crippen LogP contribution in [0.3, 0.4) is 0 Å². The van der Waals surface area contributed by atoms with Crippen molar-refractivity contribution in [2.24, 2.45) is 0 Å². The van der Waals surface area contributed by atoms with Crippen LogP contribution in [0.1, 0.15) is 29.9 Å². The molecule has 1 aromatic heterocycles. The molecule has 2 aliphatic rings. The van der Waals surface area contributed by atoms with Gasteiger partial charge in [-0.2, -0.15) is 4.98 Å². The number of likely N-dealkylation sites (tertiary alicyclic amines) is 1. The first kappa shape index (κ1) is 21.7. The maximum atomic E-state index is 11.5. The lowest BCUT2D eigenvalue weighted by molar-refractivity contribution is -0.142. The molecule has 0 saturated carbocycles. The largest absolute Gasteiger partial charge is 0.481 e. The van der Waals surface area contributed by atoms with Crippen LogP contribution in [0.5, 0.6) is 5.88 Å². The van der Waals surface area contributed by atoms with Gasteiger partial charge >= 0.3 is 5.97 Å². The first-order chi connectivity index (χ1) is 16.0. The Bertz CT molecular complexity index is 1190. The summed E-state index contributed by atoms with van der Waals surface area (Å²) in [5, 5.41) is 10.2.